The molecule has 0 saturated carbocycles. The Hall–Kier alpha value is -14.6. The fourth-order valence-corrected chi connectivity index (χ4v) is 9.76. The number of hydrogen-bond acceptors (Lipinski definition) is 8. The molecule has 0 aliphatic heterocycles. The molecule has 8 aromatic heterocycles. The zero-order chi connectivity index (χ0) is 109. The van der Waals surface area contributed by atoms with E-state index in [0.29, 0.717) is 38.2 Å². The van der Waals surface area contributed by atoms with E-state index in [2.05, 4.69) is 0 Å². The van der Waals surface area contributed by atoms with Crippen molar-refractivity contribution in [2.45, 2.75) is 69.1 Å². The monoisotopic (exact) mass is 1540 g/mol. The van der Waals surface area contributed by atoms with Gasteiger partial charge in [-0.3, -0.25) is 74.9 Å². The predicted molar refractivity (Wildman–Crippen MR) is 464 cm³/mol. The molecule has 16 heteroatoms. The average Bonchev–Trinajstić information content (AvgIpc) is 0.767. The van der Waals surface area contributed by atoms with Gasteiger partial charge < -0.3 is 0 Å². The molecular formula is C98H92N8O8. The number of rotatable bonds is 8. The van der Waals surface area contributed by atoms with Crippen LogP contribution in [0, 0.1) is 69.1 Å². The van der Waals surface area contributed by atoms with Crippen LogP contribution in [0.25, 0.3) is 45.5 Å². The van der Waals surface area contributed by atoms with Crippen LogP contribution in [0.2, 0.25) is 0 Å². The van der Waals surface area contributed by atoms with Gasteiger partial charge in [0.2, 0.25) is 0 Å². The van der Waals surface area contributed by atoms with Crippen molar-refractivity contribution < 1.29 is 43.9 Å². The Kier molecular flexibility index (Phi) is 18.1. The fourth-order valence-electron chi connectivity index (χ4n) is 9.76. The van der Waals surface area contributed by atoms with Gasteiger partial charge in [-0.25, -0.2) is 0 Å². The van der Waals surface area contributed by atoms with E-state index in [-0.39, 0.29) is 80.9 Å². The van der Waals surface area contributed by atoms with Crippen molar-refractivity contribution in [2.24, 2.45) is 0 Å². The molecule has 0 saturated heterocycles. The van der Waals surface area contributed by atoms with Crippen molar-refractivity contribution in [1.82, 2.24) is 36.5 Å². The molecule has 0 atom stereocenters. The summed E-state index contributed by atoms with van der Waals surface area (Å²) in [5.74, 6) is 0. The summed E-state index contributed by atoms with van der Waals surface area (Å²) >= 11 is 0. The molecule has 572 valence electrons. The minimum atomic E-state index is -2.49. The molecule has 0 fully saturated rings. The second kappa shape index (κ2) is 41.8. The highest BCUT2D eigenvalue weighted by atomic mass is 16.2. The molecule has 16 aromatic rings. The molecule has 16 nitrogen and oxygen atoms in total. The van der Waals surface area contributed by atoms with Crippen molar-refractivity contribution in [3.63, 3.8) is 0 Å². The highest BCUT2D eigenvalue weighted by Crippen LogP contribution is 2.14. The number of benzene rings is 8. The lowest BCUT2D eigenvalue weighted by molar-refractivity contribution is 0.966. The number of pyridine rings is 8. The molecule has 8 heterocycles. The molecule has 0 N–H and O–H groups in total. The Morgan fingerprint density at radius 2 is 0.430 bits per heavy atom. The molecule has 0 amide bonds. The van der Waals surface area contributed by atoms with Crippen LogP contribution < -0.4 is 44.5 Å². The second-order valence-electron chi connectivity index (χ2n) is 24.3. The Bertz CT molecular complexity index is 8100. The van der Waals surface area contributed by atoms with Crippen LogP contribution >= 0.6 is 0 Å². The largest absolute Gasteiger partial charge is 0.284 e. The van der Waals surface area contributed by atoms with Gasteiger partial charge in [-0.15, -0.1) is 0 Å². The molecule has 0 bridgehead atoms. The van der Waals surface area contributed by atoms with E-state index >= 15 is 0 Å². The summed E-state index contributed by atoms with van der Waals surface area (Å²) in [6.45, 7) is 8.88. The van der Waals surface area contributed by atoms with E-state index in [1.807, 2.05) is 98.9 Å². The second-order valence-corrected chi connectivity index (χ2v) is 24.3. The van der Waals surface area contributed by atoms with Crippen LogP contribution in [0.5, 0.6) is 0 Å². The van der Waals surface area contributed by atoms with Gasteiger partial charge in [0, 0.05) is 152 Å². The van der Waals surface area contributed by atoms with E-state index in [4.69, 9.17) is 43.9 Å². The van der Waals surface area contributed by atoms with Gasteiger partial charge >= 0.3 is 0 Å². The summed E-state index contributed by atoms with van der Waals surface area (Å²) < 4.78 is 254. The summed E-state index contributed by atoms with van der Waals surface area (Å²) in [7, 11) is 0. The van der Waals surface area contributed by atoms with Gasteiger partial charge in [0.1, 0.15) is 0 Å². The van der Waals surface area contributed by atoms with Crippen molar-refractivity contribution >= 4 is 0 Å². The molecule has 0 radical (unpaired) electrons. The zero-order valence-corrected chi connectivity index (χ0v) is 62.6. The van der Waals surface area contributed by atoms with Crippen LogP contribution in [-0.2, 0) is 0 Å². The van der Waals surface area contributed by atoms with Gasteiger partial charge in [-0.05, 0) is 222 Å². The predicted octanol–water partition coefficient (Wildman–Crippen LogP) is 17.8. The van der Waals surface area contributed by atoms with Crippen molar-refractivity contribution in [2.75, 3.05) is 0 Å². The van der Waals surface area contributed by atoms with Crippen LogP contribution in [0.15, 0.2) is 415 Å². The standard InChI is InChI=1S/2C13H13NO.6C12H11NO/c2*1-10-8-13(15)14(9-11(10)2)12-6-4-3-5-7-12;6*1-10-7-8-12(14)13(9-10)11-5-3-2-4-6-11/h2*3-9H,1-2H3;6*2-9H,1H3/i2D3,3D,4D,5D,6D,7D;2D3;2D,3D,4D,5D,6D,8D,9D;2D,3D,4D,5D,6D,8D;2D,3D,4D,5D,6D;8D,9D;8D;. The average molecular weight is 1540 g/mol. The van der Waals surface area contributed by atoms with Crippen LogP contribution in [0.3, 0.4) is 0 Å². The van der Waals surface area contributed by atoms with Gasteiger partial charge in [0.15, 0.2) is 0 Å². The first-order valence-electron chi connectivity index (χ1n) is 50.4. The Labute approximate surface area is 708 Å². The van der Waals surface area contributed by atoms with Crippen LogP contribution in [0.4, 0.5) is 0 Å². The van der Waals surface area contributed by atoms with E-state index in [9.17, 15) is 38.4 Å². The Morgan fingerprint density at radius 3 is 0.746 bits per heavy atom. The maximum Gasteiger partial charge on any atom is 0.255 e. The van der Waals surface area contributed by atoms with Crippen LogP contribution in [-0.4, -0.2) is 36.5 Å². The highest BCUT2D eigenvalue weighted by molar-refractivity contribution is 5.40. The summed E-state index contributed by atoms with van der Waals surface area (Å²) in [5.41, 5.74) is 3.19. The van der Waals surface area contributed by atoms with Gasteiger partial charge in [0.25, 0.3) is 44.5 Å². The van der Waals surface area contributed by atoms with E-state index in [1.54, 1.807) is 105 Å². The third-order valence-electron chi connectivity index (χ3n) is 15.4. The lowest BCUT2D eigenvalue weighted by atomic mass is 10.2. The molecule has 8 aromatic carbocycles. The molecule has 16 rings (SSSR count). The molecular weight excluding hydrogens is 1420 g/mol. The number of para-hydroxylation sites is 8. The van der Waals surface area contributed by atoms with Crippen molar-refractivity contribution in [1.29, 1.82) is 0 Å². The normalized spacial score (nSPS) is 14.3. The topological polar surface area (TPSA) is 176 Å². The van der Waals surface area contributed by atoms with E-state index in [1.165, 1.54) is 76.5 Å². The molecule has 114 heavy (non-hydrogen) atoms. The van der Waals surface area contributed by atoms with E-state index in [0.717, 1.165) is 54.0 Å². The lowest BCUT2D eigenvalue weighted by Crippen LogP contribution is -2.17. The Balaban J connectivity index is 0.000000186. The molecule has 0 aliphatic carbocycles. The van der Waals surface area contributed by atoms with E-state index < -0.39 is 174 Å². The summed E-state index contributed by atoms with van der Waals surface area (Å²) in [6.07, 6.45) is 8.64. The fraction of sp³-hybridized carbons (Fsp3) is 0.102. The minimum absolute atomic E-state index is 0.00167. The highest BCUT2D eigenvalue weighted by Gasteiger charge is 2.07. The maximum atomic E-state index is 12.2. The smallest absolute Gasteiger partial charge is 0.255 e. The first-order valence-corrected chi connectivity index (χ1v) is 34.4. The van der Waals surface area contributed by atoms with Crippen LogP contribution in [0.1, 0.15) is 99.5 Å². The van der Waals surface area contributed by atoms with Gasteiger partial charge in [0.05, 0.1) is 35.6 Å². The number of hydrogen-bond donors (Lipinski definition) is 0. The third kappa shape index (κ3) is 24.7. The van der Waals surface area contributed by atoms with Crippen molar-refractivity contribution in [3.05, 3.63) is 515 Å². The third-order valence-corrected chi connectivity index (χ3v) is 15.4. The lowest BCUT2D eigenvalue weighted by Gasteiger charge is -2.07. The zero-order valence-electron chi connectivity index (χ0n) is 94.6. The molecule has 0 unspecified atom stereocenters. The van der Waals surface area contributed by atoms with Crippen molar-refractivity contribution in [3.8, 4) is 45.5 Å². The summed E-state index contributed by atoms with van der Waals surface area (Å²) in [4.78, 5) is 95.0. The molecule has 0 aliphatic rings. The maximum absolute atomic E-state index is 12.2. The van der Waals surface area contributed by atoms with Gasteiger partial charge in [-0.2, -0.15) is 0 Å². The number of aryl methyl sites for hydroxylation is 10. The first kappa shape index (κ1) is 49.5. The quantitative estimate of drug-likeness (QED) is 0.144. The Morgan fingerprint density at radius 1 is 0.202 bits per heavy atom. The SMILES string of the molecule is Cc1ccc(=O)n(-c2ccccc2)c1.[2H]C([2H])([2H])c1cn(-c2ccccc2)c(=O)cc1C.[2H]c1c([2H])c([2H])c(-n2c([2H])c(C)cc([2H])c2=O)c([2H])c1[2H].[2H]c1c([2H])c([2H])c(-n2cc(C([2H])([2H])[2H])c(C)cc2=O)c([2H])c1[2H].[2H]c1c([2H])c([2H])c(-n2cc(C)cc([2H])c2=O)c([2H])c1[2H].[2H]c1c([2H])c([2H])c(-n2cc(C)ccc2=O)c([2H])c1[2H].[2H]c1cc(C)c([2H])n(-c2ccccc2)c1=O.[2H]c1cc(C)cn(-c2ccccc2)c1=O. The number of aromatic nitrogens is 8. The summed E-state index contributed by atoms with van der Waals surface area (Å²) in [5, 5.41) is 0. The minimum Gasteiger partial charge on any atom is -0.284 e. The molecule has 0 spiro atoms. The first-order chi connectivity index (χ1) is 68.2. The number of nitrogens with zero attached hydrogens (tertiary/aromatic N) is 8. The van der Waals surface area contributed by atoms with Gasteiger partial charge in [-0.1, -0.05) is 182 Å². The summed E-state index contributed by atoms with van der Waals surface area (Å²) in [6, 6.07) is 39.9.